The fourth-order valence-electron chi connectivity index (χ4n) is 3.61. The van der Waals surface area contributed by atoms with Gasteiger partial charge < -0.3 is 25.4 Å². The molecule has 1 aliphatic rings. The molecule has 0 aromatic heterocycles. The number of amides is 2. The standard InChI is InChI=1S/C27H29N3O4/c31-26(18-28-22-12-14-24(15-13-22)34-19-25-7-4-16-33-25)30-23-10-8-21(9-11-23)27(32)29-17-20-5-2-1-3-6-20/h1-3,5-6,8-15,25,28H,4,7,16-19H2,(H,29,32)(H,30,31). The molecule has 34 heavy (non-hydrogen) atoms. The van der Waals surface area contributed by atoms with E-state index in [1.165, 1.54) is 0 Å². The van der Waals surface area contributed by atoms with E-state index < -0.39 is 0 Å². The number of hydrogen-bond acceptors (Lipinski definition) is 5. The van der Waals surface area contributed by atoms with Gasteiger partial charge in [-0.15, -0.1) is 0 Å². The first kappa shape index (κ1) is 23.3. The second-order valence-electron chi connectivity index (χ2n) is 8.12. The van der Waals surface area contributed by atoms with Gasteiger partial charge in [0.15, 0.2) is 0 Å². The van der Waals surface area contributed by atoms with Crippen molar-refractivity contribution in [2.24, 2.45) is 0 Å². The Bertz CT molecular complexity index is 1060. The van der Waals surface area contributed by atoms with Crippen LogP contribution in [0.4, 0.5) is 11.4 Å². The summed E-state index contributed by atoms with van der Waals surface area (Å²) in [5, 5.41) is 8.81. The number of ether oxygens (including phenoxy) is 2. The molecule has 3 N–H and O–H groups in total. The lowest BCUT2D eigenvalue weighted by molar-refractivity contribution is -0.114. The minimum Gasteiger partial charge on any atom is -0.491 e. The van der Waals surface area contributed by atoms with E-state index in [-0.39, 0.29) is 24.5 Å². The van der Waals surface area contributed by atoms with Gasteiger partial charge in [0, 0.05) is 30.1 Å². The number of carbonyl (C=O) groups is 2. The van der Waals surface area contributed by atoms with E-state index in [4.69, 9.17) is 9.47 Å². The highest BCUT2D eigenvalue weighted by Crippen LogP contribution is 2.18. The van der Waals surface area contributed by atoms with Gasteiger partial charge in [-0.3, -0.25) is 9.59 Å². The summed E-state index contributed by atoms with van der Waals surface area (Å²) in [6.45, 7) is 1.96. The Hall–Kier alpha value is -3.84. The summed E-state index contributed by atoms with van der Waals surface area (Å²) in [6.07, 6.45) is 2.31. The van der Waals surface area contributed by atoms with Crippen molar-refractivity contribution in [3.05, 3.63) is 90.0 Å². The van der Waals surface area contributed by atoms with E-state index in [0.29, 0.717) is 24.4 Å². The lowest BCUT2D eigenvalue weighted by Gasteiger charge is -2.12. The van der Waals surface area contributed by atoms with Gasteiger partial charge >= 0.3 is 0 Å². The first-order valence-corrected chi connectivity index (χ1v) is 11.5. The lowest BCUT2D eigenvalue weighted by atomic mass is 10.1. The summed E-state index contributed by atoms with van der Waals surface area (Å²) in [7, 11) is 0. The van der Waals surface area contributed by atoms with Crippen molar-refractivity contribution in [1.29, 1.82) is 0 Å². The molecule has 0 saturated carbocycles. The summed E-state index contributed by atoms with van der Waals surface area (Å²) < 4.78 is 11.3. The van der Waals surface area contributed by atoms with Crippen LogP contribution in [0.3, 0.4) is 0 Å². The van der Waals surface area contributed by atoms with Gasteiger partial charge in [0.2, 0.25) is 5.91 Å². The van der Waals surface area contributed by atoms with Crippen LogP contribution in [-0.4, -0.2) is 37.7 Å². The first-order valence-electron chi connectivity index (χ1n) is 11.5. The van der Waals surface area contributed by atoms with Crippen molar-refractivity contribution >= 4 is 23.2 Å². The third-order valence-electron chi connectivity index (χ3n) is 5.49. The van der Waals surface area contributed by atoms with Crippen LogP contribution in [0.1, 0.15) is 28.8 Å². The average Bonchev–Trinajstić information content (AvgIpc) is 3.40. The fourth-order valence-corrected chi connectivity index (χ4v) is 3.61. The predicted molar refractivity (Wildman–Crippen MR) is 132 cm³/mol. The minimum atomic E-state index is -0.181. The monoisotopic (exact) mass is 459 g/mol. The molecule has 7 nitrogen and oxygen atoms in total. The van der Waals surface area contributed by atoms with Crippen molar-refractivity contribution < 1.29 is 19.1 Å². The quantitative estimate of drug-likeness (QED) is 0.422. The van der Waals surface area contributed by atoms with Crippen LogP contribution in [0.2, 0.25) is 0 Å². The van der Waals surface area contributed by atoms with Gasteiger partial charge in [0.1, 0.15) is 12.4 Å². The normalized spacial score (nSPS) is 14.9. The second-order valence-corrected chi connectivity index (χ2v) is 8.12. The first-order chi connectivity index (χ1) is 16.7. The van der Waals surface area contributed by atoms with Crippen LogP contribution >= 0.6 is 0 Å². The molecule has 0 spiro atoms. The maximum atomic E-state index is 12.3. The van der Waals surface area contributed by atoms with Gasteiger partial charge in [0.05, 0.1) is 12.6 Å². The van der Waals surface area contributed by atoms with Crippen LogP contribution in [-0.2, 0) is 16.1 Å². The van der Waals surface area contributed by atoms with Crippen molar-refractivity contribution in [1.82, 2.24) is 5.32 Å². The average molecular weight is 460 g/mol. The summed E-state index contributed by atoms with van der Waals surface area (Å²) in [5.41, 5.74) is 3.02. The van der Waals surface area contributed by atoms with Crippen LogP contribution in [0.15, 0.2) is 78.9 Å². The Labute approximate surface area is 199 Å². The van der Waals surface area contributed by atoms with Crippen molar-refractivity contribution in [3.8, 4) is 5.75 Å². The number of benzene rings is 3. The minimum absolute atomic E-state index is 0.120. The largest absolute Gasteiger partial charge is 0.491 e. The summed E-state index contributed by atoms with van der Waals surface area (Å²) in [4.78, 5) is 24.6. The molecule has 1 unspecified atom stereocenters. The number of nitrogens with one attached hydrogen (secondary N) is 3. The summed E-state index contributed by atoms with van der Waals surface area (Å²) in [5.74, 6) is 0.435. The topological polar surface area (TPSA) is 88.7 Å². The molecule has 1 heterocycles. The molecule has 3 aromatic rings. The molecule has 3 aromatic carbocycles. The zero-order valence-electron chi connectivity index (χ0n) is 19.0. The summed E-state index contributed by atoms with van der Waals surface area (Å²) in [6, 6.07) is 24.0. The molecule has 2 amide bonds. The lowest BCUT2D eigenvalue weighted by Crippen LogP contribution is -2.23. The van der Waals surface area contributed by atoms with Gasteiger partial charge in [0.25, 0.3) is 5.91 Å². The number of hydrogen-bond donors (Lipinski definition) is 3. The zero-order chi connectivity index (χ0) is 23.6. The molecule has 4 rings (SSSR count). The second kappa shape index (κ2) is 11.9. The molecule has 1 aliphatic heterocycles. The predicted octanol–water partition coefficient (Wildman–Crippen LogP) is 4.23. The molecular formula is C27H29N3O4. The Morgan fingerprint density at radius 3 is 2.35 bits per heavy atom. The van der Waals surface area contributed by atoms with E-state index in [1.54, 1.807) is 24.3 Å². The molecule has 1 fully saturated rings. The Morgan fingerprint density at radius 1 is 0.912 bits per heavy atom. The van der Waals surface area contributed by atoms with Gasteiger partial charge in [-0.25, -0.2) is 0 Å². The van der Waals surface area contributed by atoms with Crippen LogP contribution in [0, 0.1) is 0 Å². The number of anilines is 2. The molecule has 0 aliphatic carbocycles. The molecule has 0 bridgehead atoms. The fraction of sp³-hybridized carbons (Fsp3) is 0.259. The maximum Gasteiger partial charge on any atom is 0.251 e. The third kappa shape index (κ3) is 7.08. The van der Waals surface area contributed by atoms with E-state index >= 15 is 0 Å². The Morgan fingerprint density at radius 2 is 1.65 bits per heavy atom. The zero-order valence-corrected chi connectivity index (χ0v) is 19.0. The van der Waals surface area contributed by atoms with Gasteiger partial charge in [-0.2, -0.15) is 0 Å². The van der Waals surface area contributed by atoms with Crippen molar-refractivity contribution in [2.45, 2.75) is 25.5 Å². The van der Waals surface area contributed by atoms with Crippen LogP contribution < -0.4 is 20.7 Å². The van der Waals surface area contributed by atoms with Crippen molar-refractivity contribution in [2.75, 3.05) is 30.4 Å². The van der Waals surface area contributed by atoms with E-state index in [1.807, 2.05) is 54.6 Å². The molecule has 1 saturated heterocycles. The molecule has 1 atom stereocenters. The van der Waals surface area contributed by atoms with Gasteiger partial charge in [-0.05, 0) is 66.9 Å². The maximum absolute atomic E-state index is 12.3. The molecule has 7 heteroatoms. The highest BCUT2D eigenvalue weighted by molar-refractivity contribution is 5.96. The highest BCUT2D eigenvalue weighted by Gasteiger charge is 2.15. The van der Waals surface area contributed by atoms with E-state index in [9.17, 15) is 9.59 Å². The summed E-state index contributed by atoms with van der Waals surface area (Å²) >= 11 is 0. The smallest absolute Gasteiger partial charge is 0.251 e. The van der Waals surface area contributed by atoms with E-state index in [2.05, 4.69) is 16.0 Å². The third-order valence-corrected chi connectivity index (χ3v) is 5.49. The molecular weight excluding hydrogens is 430 g/mol. The highest BCUT2D eigenvalue weighted by atomic mass is 16.5. The van der Waals surface area contributed by atoms with Crippen molar-refractivity contribution in [3.63, 3.8) is 0 Å². The number of rotatable bonds is 10. The van der Waals surface area contributed by atoms with E-state index in [0.717, 1.165) is 36.4 Å². The van der Waals surface area contributed by atoms with Crippen LogP contribution in [0.25, 0.3) is 0 Å². The molecule has 0 radical (unpaired) electrons. The Balaban J connectivity index is 1.18. The van der Waals surface area contributed by atoms with Crippen LogP contribution in [0.5, 0.6) is 5.75 Å². The number of carbonyl (C=O) groups excluding carboxylic acids is 2. The molecule has 176 valence electrons. The Kier molecular flexibility index (Phi) is 8.13. The van der Waals surface area contributed by atoms with Gasteiger partial charge in [-0.1, -0.05) is 30.3 Å². The SMILES string of the molecule is O=C(CNc1ccc(OCC2CCCO2)cc1)Nc1ccc(C(=O)NCc2ccccc2)cc1.